The molecule has 3 atom stereocenters. The molecule has 0 radical (unpaired) electrons. The molecule has 3 aromatic rings. The minimum Gasteiger partial charge on any atom is -0.497 e. The maximum absolute atomic E-state index is 13.8. The Morgan fingerprint density at radius 3 is 2.08 bits per heavy atom. The number of aliphatic imine (C=N–C) groups is 1. The highest BCUT2D eigenvalue weighted by atomic mass is 35.5. The Balaban J connectivity index is 1.94. The first kappa shape index (κ1) is 28.3. The second-order valence-electron chi connectivity index (χ2n) is 9.35. The molecule has 1 aliphatic rings. The number of ether oxygens (including phenoxy) is 2. The number of methoxy groups -OCH3 is 1. The summed E-state index contributed by atoms with van der Waals surface area (Å²) in [5.74, 6) is 0.209. The summed E-state index contributed by atoms with van der Waals surface area (Å²) in [5.41, 5.74) is 2.13. The number of amides is 2. The first-order chi connectivity index (χ1) is 18.6. The monoisotopic (exact) mass is 569 g/mol. The Morgan fingerprint density at radius 2 is 1.54 bits per heavy atom. The standard InChI is InChI=1S/C29H29Cl2N3O5/c1-16(2)39-24-15-22(38-4)13-14-23(24)27-33-25(18-5-9-20(30)10-6-18)26(19-7-11-21(31)12-8-19)34(27)29(37)32-17(3)28(35)36/h5-17,25-26H,1-4H3,(H,32,37)(H,35,36)/t17-,25-,26+/m1/s1. The number of carboxylic acid groups (broad SMARTS) is 1. The summed E-state index contributed by atoms with van der Waals surface area (Å²) in [4.78, 5) is 32.0. The van der Waals surface area contributed by atoms with Gasteiger partial charge in [0.25, 0.3) is 0 Å². The molecular weight excluding hydrogens is 541 g/mol. The van der Waals surface area contributed by atoms with E-state index in [0.717, 1.165) is 11.1 Å². The molecule has 0 saturated carbocycles. The minimum absolute atomic E-state index is 0.175. The normalized spacial score (nSPS) is 17.5. The predicted octanol–water partition coefficient (Wildman–Crippen LogP) is 6.52. The van der Waals surface area contributed by atoms with Gasteiger partial charge < -0.3 is 19.9 Å². The highest BCUT2D eigenvalue weighted by Crippen LogP contribution is 2.45. The summed E-state index contributed by atoms with van der Waals surface area (Å²) in [6.45, 7) is 5.19. The molecule has 2 amide bonds. The molecule has 0 bridgehead atoms. The number of hydrogen-bond donors (Lipinski definition) is 2. The smallest absolute Gasteiger partial charge is 0.325 e. The lowest BCUT2D eigenvalue weighted by atomic mass is 9.94. The zero-order valence-corrected chi connectivity index (χ0v) is 23.4. The van der Waals surface area contributed by atoms with Gasteiger partial charge in [-0.1, -0.05) is 47.5 Å². The van der Waals surface area contributed by atoms with Crippen LogP contribution in [0, 0.1) is 0 Å². The number of hydrogen-bond acceptors (Lipinski definition) is 5. The van der Waals surface area contributed by atoms with Crippen molar-refractivity contribution in [2.24, 2.45) is 4.99 Å². The van der Waals surface area contributed by atoms with Crippen LogP contribution >= 0.6 is 23.2 Å². The summed E-state index contributed by atoms with van der Waals surface area (Å²) in [6, 6.07) is 16.7. The summed E-state index contributed by atoms with van der Waals surface area (Å²) >= 11 is 12.4. The molecule has 3 aromatic carbocycles. The topological polar surface area (TPSA) is 100 Å². The van der Waals surface area contributed by atoms with Crippen molar-refractivity contribution in [3.05, 3.63) is 93.5 Å². The molecular formula is C29H29Cl2N3O5. The number of urea groups is 1. The van der Waals surface area contributed by atoms with Gasteiger partial charge in [-0.05, 0) is 68.3 Å². The molecule has 1 aliphatic heterocycles. The van der Waals surface area contributed by atoms with Crippen LogP contribution in [-0.4, -0.2) is 47.1 Å². The van der Waals surface area contributed by atoms with Crippen molar-refractivity contribution >= 4 is 41.0 Å². The summed E-state index contributed by atoms with van der Waals surface area (Å²) < 4.78 is 11.5. The van der Waals surface area contributed by atoms with Crippen LogP contribution in [0.25, 0.3) is 0 Å². The SMILES string of the molecule is COc1ccc(C2=N[C@H](c3ccc(Cl)cc3)[C@H](c3ccc(Cl)cc3)N2C(=O)N[C@H](C)C(=O)O)c(OC(C)C)c1. The van der Waals surface area contributed by atoms with Gasteiger partial charge in [-0.2, -0.15) is 0 Å². The lowest BCUT2D eigenvalue weighted by Gasteiger charge is -2.31. The van der Waals surface area contributed by atoms with E-state index in [1.807, 2.05) is 38.1 Å². The summed E-state index contributed by atoms with van der Waals surface area (Å²) in [7, 11) is 1.56. The van der Waals surface area contributed by atoms with Crippen molar-refractivity contribution in [1.82, 2.24) is 10.2 Å². The zero-order valence-electron chi connectivity index (χ0n) is 21.9. The van der Waals surface area contributed by atoms with E-state index in [1.54, 1.807) is 49.6 Å². The van der Waals surface area contributed by atoms with E-state index in [0.29, 0.717) is 32.9 Å². The van der Waals surface area contributed by atoms with Crippen LogP contribution in [0.5, 0.6) is 11.5 Å². The van der Waals surface area contributed by atoms with Gasteiger partial charge in [0.1, 0.15) is 29.4 Å². The quantitative estimate of drug-likeness (QED) is 0.321. The number of carbonyl (C=O) groups excluding carboxylic acids is 1. The van der Waals surface area contributed by atoms with Crippen LogP contribution in [0.3, 0.4) is 0 Å². The lowest BCUT2D eigenvalue weighted by Crippen LogP contribution is -2.49. The number of carbonyl (C=O) groups is 2. The van der Waals surface area contributed by atoms with Gasteiger partial charge in [-0.25, -0.2) is 4.79 Å². The van der Waals surface area contributed by atoms with Crippen LogP contribution in [0.1, 0.15) is 49.5 Å². The fourth-order valence-electron chi connectivity index (χ4n) is 4.35. The van der Waals surface area contributed by atoms with Crippen LogP contribution < -0.4 is 14.8 Å². The number of amidine groups is 1. The number of carboxylic acids is 1. The number of nitrogens with one attached hydrogen (secondary N) is 1. The number of halogens is 2. The molecule has 0 saturated heterocycles. The van der Waals surface area contributed by atoms with E-state index < -0.39 is 30.1 Å². The molecule has 0 aliphatic carbocycles. The van der Waals surface area contributed by atoms with Gasteiger partial charge in [-0.3, -0.25) is 14.7 Å². The molecule has 0 unspecified atom stereocenters. The fraction of sp³-hybridized carbons (Fsp3) is 0.276. The van der Waals surface area contributed by atoms with E-state index in [1.165, 1.54) is 11.8 Å². The van der Waals surface area contributed by atoms with Crippen molar-refractivity contribution in [2.45, 2.75) is 45.0 Å². The Kier molecular flexibility index (Phi) is 8.67. The van der Waals surface area contributed by atoms with E-state index >= 15 is 0 Å². The highest BCUT2D eigenvalue weighted by Gasteiger charge is 2.43. The van der Waals surface area contributed by atoms with E-state index in [2.05, 4.69) is 5.32 Å². The zero-order chi connectivity index (χ0) is 28.3. The van der Waals surface area contributed by atoms with Crippen molar-refractivity contribution < 1.29 is 24.2 Å². The maximum atomic E-state index is 13.8. The molecule has 39 heavy (non-hydrogen) atoms. The molecule has 204 valence electrons. The number of benzene rings is 3. The summed E-state index contributed by atoms with van der Waals surface area (Å²) in [6.07, 6.45) is -0.175. The highest BCUT2D eigenvalue weighted by molar-refractivity contribution is 6.30. The lowest BCUT2D eigenvalue weighted by molar-refractivity contribution is -0.138. The van der Waals surface area contributed by atoms with E-state index in [-0.39, 0.29) is 6.10 Å². The first-order valence-electron chi connectivity index (χ1n) is 12.4. The molecule has 0 fully saturated rings. The largest absolute Gasteiger partial charge is 0.497 e. The maximum Gasteiger partial charge on any atom is 0.325 e. The Morgan fingerprint density at radius 1 is 0.949 bits per heavy atom. The molecule has 2 N–H and O–H groups in total. The van der Waals surface area contributed by atoms with Crippen LogP contribution in [0.4, 0.5) is 4.79 Å². The van der Waals surface area contributed by atoms with E-state index in [9.17, 15) is 14.7 Å². The van der Waals surface area contributed by atoms with Gasteiger partial charge in [0.05, 0.1) is 24.8 Å². The van der Waals surface area contributed by atoms with Gasteiger partial charge in [0, 0.05) is 16.1 Å². The van der Waals surface area contributed by atoms with Gasteiger partial charge in [-0.15, -0.1) is 0 Å². The third kappa shape index (κ3) is 6.29. The van der Waals surface area contributed by atoms with E-state index in [4.69, 9.17) is 37.7 Å². The average molecular weight is 570 g/mol. The summed E-state index contributed by atoms with van der Waals surface area (Å²) in [5, 5.41) is 13.2. The minimum atomic E-state index is -1.16. The third-order valence-electron chi connectivity index (χ3n) is 6.21. The number of aliphatic carboxylic acids is 1. The molecule has 8 nitrogen and oxygen atoms in total. The van der Waals surface area contributed by atoms with Crippen molar-refractivity contribution in [1.29, 1.82) is 0 Å². The molecule has 10 heteroatoms. The average Bonchev–Trinajstić information content (AvgIpc) is 3.29. The van der Waals surface area contributed by atoms with Crippen molar-refractivity contribution in [3.8, 4) is 11.5 Å². The van der Waals surface area contributed by atoms with Crippen LogP contribution in [0.15, 0.2) is 71.7 Å². The van der Waals surface area contributed by atoms with Gasteiger partial charge in [0.2, 0.25) is 0 Å². The van der Waals surface area contributed by atoms with Crippen molar-refractivity contribution in [3.63, 3.8) is 0 Å². The third-order valence-corrected chi connectivity index (χ3v) is 6.72. The van der Waals surface area contributed by atoms with Crippen LogP contribution in [0.2, 0.25) is 10.0 Å². The van der Waals surface area contributed by atoms with Gasteiger partial charge >= 0.3 is 12.0 Å². The molecule has 0 spiro atoms. The fourth-order valence-corrected chi connectivity index (χ4v) is 4.60. The van der Waals surface area contributed by atoms with Gasteiger partial charge in [0.15, 0.2) is 0 Å². The molecule has 0 aromatic heterocycles. The Labute approximate surface area is 237 Å². The van der Waals surface area contributed by atoms with Crippen LogP contribution in [-0.2, 0) is 4.79 Å². The number of rotatable bonds is 8. The number of nitrogens with zero attached hydrogens (tertiary/aromatic N) is 2. The Bertz CT molecular complexity index is 1380. The van der Waals surface area contributed by atoms with Crippen molar-refractivity contribution in [2.75, 3.05) is 7.11 Å². The second kappa shape index (κ2) is 12.0. The predicted molar refractivity (Wildman–Crippen MR) is 151 cm³/mol. The molecule has 1 heterocycles. The first-order valence-corrected chi connectivity index (χ1v) is 13.1. The second-order valence-corrected chi connectivity index (χ2v) is 10.2. The molecule has 4 rings (SSSR count). The Hall–Kier alpha value is -3.75.